The maximum absolute atomic E-state index is 11.3. The van der Waals surface area contributed by atoms with Gasteiger partial charge in [-0.15, -0.1) is 0 Å². The van der Waals surface area contributed by atoms with E-state index >= 15 is 0 Å². The quantitative estimate of drug-likeness (QED) is 0.751. The number of aryl methyl sites for hydroxylation is 1. The molecule has 1 aromatic heterocycles. The van der Waals surface area contributed by atoms with E-state index in [0.29, 0.717) is 17.6 Å². The molecular formula is C12H14N2O3. The van der Waals surface area contributed by atoms with E-state index in [1.165, 1.54) is 6.07 Å². The van der Waals surface area contributed by atoms with Gasteiger partial charge in [0, 0.05) is 29.7 Å². The highest BCUT2D eigenvalue weighted by Gasteiger charge is 2.20. The highest BCUT2D eigenvalue weighted by Crippen LogP contribution is 2.29. The lowest BCUT2D eigenvalue weighted by atomic mass is 10.1. The number of carbonyl (C=O) groups is 1. The van der Waals surface area contributed by atoms with Gasteiger partial charge in [-0.3, -0.25) is 0 Å². The Morgan fingerprint density at radius 2 is 2.18 bits per heavy atom. The first-order chi connectivity index (χ1) is 8.10. The lowest BCUT2D eigenvalue weighted by molar-refractivity contribution is 0.0697. The number of carboxylic acids is 1. The third kappa shape index (κ3) is 1.64. The fourth-order valence-electron chi connectivity index (χ4n) is 2.21. The number of nitrogens with two attached hydrogens (primary N) is 1. The summed E-state index contributed by atoms with van der Waals surface area (Å²) < 4.78 is 1.86. The second-order valence-corrected chi connectivity index (χ2v) is 3.78. The van der Waals surface area contributed by atoms with Crippen molar-refractivity contribution in [2.45, 2.75) is 20.0 Å². The summed E-state index contributed by atoms with van der Waals surface area (Å²) >= 11 is 0. The number of hydrogen-bond acceptors (Lipinski definition) is 3. The first-order valence-electron chi connectivity index (χ1n) is 5.37. The summed E-state index contributed by atoms with van der Waals surface area (Å²) in [5.74, 6) is -0.968. The van der Waals surface area contributed by atoms with Gasteiger partial charge in [-0.25, -0.2) is 4.79 Å². The SMILES string of the molecule is CCn1c(CN)c(C(=O)O)c2cc(O)ccc21. The molecule has 0 radical (unpaired) electrons. The minimum Gasteiger partial charge on any atom is -0.508 e. The molecule has 1 heterocycles. The van der Waals surface area contributed by atoms with Crippen molar-refractivity contribution in [2.24, 2.45) is 5.73 Å². The maximum atomic E-state index is 11.3. The molecule has 5 nitrogen and oxygen atoms in total. The third-order valence-corrected chi connectivity index (χ3v) is 2.88. The third-order valence-electron chi connectivity index (χ3n) is 2.88. The maximum Gasteiger partial charge on any atom is 0.338 e. The first kappa shape index (κ1) is 11.5. The molecular weight excluding hydrogens is 220 g/mol. The van der Waals surface area contributed by atoms with Crippen LogP contribution in [0.25, 0.3) is 10.9 Å². The van der Waals surface area contributed by atoms with Crippen molar-refractivity contribution < 1.29 is 15.0 Å². The standard InChI is InChI=1S/C12H14N2O3/c1-2-14-9-4-3-7(15)5-8(9)11(12(16)17)10(14)6-13/h3-5,15H,2,6,13H2,1H3,(H,16,17). The van der Waals surface area contributed by atoms with E-state index in [1.54, 1.807) is 12.1 Å². The molecule has 0 unspecified atom stereocenters. The van der Waals surface area contributed by atoms with Gasteiger partial charge >= 0.3 is 5.97 Å². The second-order valence-electron chi connectivity index (χ2n) is 3.78. The molecule has 4 N–H and O–H groups in total. The Kier molecular flexibility index (Phi) is 2.77. The number of aromatic hydroxyl groups is 1. The second kappa shape index (κ2) is 4.10. The average molecular weight is 234 g/mol. The number of phenols is 1. The zero-order valence-corrected chi connectivity index (χ0v) is 9.47. The van der Waals surface area contributed by atoms with Crippen molar-refractivity contribution in [3.05, 3.63) is 29.5 Å². The van der Waals surface area contributed by atoms with Gasteiger partial charge in [0.05, 0.1) is 5.56 Å². The van der Waals surface area contributed by atoms with Crippen LogP contribution in [0.15, 0.2) is 18.2 Å². The fourth-order valence-corrected chi connectivity index (χ4v) is 2.21. The van der Waals surface area contributed by atoms with E-state index in [4.69, 9.17) is 5.73 Å². The molecule has 0 fully saturated rings. The van der Waals surface area contributed by atoms with Crippen molar-refractivity contribution >= 4 is 16.9 Å². The predicted octanol–water partition coefficient (Wildman–Crippen LogP) is 1.52. The molecule has 0 atom stereocenters. The molecule has 0 aliphatic carbocycles. The van der Waals surface area contributed by atoms with Crippen LogP contribution >= 0.6 is 0 Å². The summed E-state index contributed by atoms with van der Waals surface area (Å²) in [6.45, 7) is 2.73. The van der Waals surface area contributed by atoms with Crippen LogP contribution in [0.2, 0.25) is 0 Å². The lowest BCUT2D eigenvalue weighted by Crippen LogP contribution is -2.10. The van der Waals surface area contributed by atoms with Crippen LogP contribution in [0.3, 0.4) is 0 Å². The van der Waals surface area contributed by atoms with Crippen molar-refractivity contribution in [3.8, 4) is 5.75 Å². The minimum absolute atomic E-state index is 0.0526. The Morgan fingerprint density at radius 3 is 2.71 bits per heavy atom. The Balaban J connectivity index is 2.92. The van der Waals surface area contributed by atoms with E-state index in [9.17, 15) is 15.0 Å². The van der Waals surface area contributed by atoms with Crippen LogP contribution in [-0.2, 0) is 13.1 Å². The Hall–Kier alpha value is -2.01. The Labute approximate surface area is 98.1 Å². The van der Waals surface area contributed by atoms with Gasteiger partial charge in [0.2, 0.25) is 0 Å². The summed E-state index contributed by atoms with van der Waals surface area (Å²) in [6.07, 6.45) is 0. The summed E-state index contributed by atoms with van der Waals surface area (Å²) in [4.78, 5) is 11.3. The number of fused-ring (bicyclic) bond motifs is 1. The molecule has 1 aromatic carbocycles. The minimum atomic E-state index is -1.02. The largest absolute Gasteiger partial charge is 0.508 e. The molecule has 0 bridgehead atoms. The molecule has 0 aliphatic rings. The van der Waals surface area contributed by atoms with Crippen LogP contribution in [0.4, 0.5) is 0 Å². The number of carboxylic acid groups (broad SMARTS) is 1. The topological polar surface area (TPSA) is 88.5 Å². The monoisotopic (exact) mass is 234 g/mol. The van der Waals surface area contributed by atoms with Crippen LogP contribution in [-0.4, -0.2) is 20.7 Å². The van der Waals surface area contributed by atoms with Gasteiger partial charge in [0.1, 0.15) is 5.75 Å². The predicted molar refractivity (Wildman–Crippen MR) is 64.1 cm³/mol. The van der Waals surface area contributed by atoms with Gasteiger partial charge < -0.3 is 20.5 Å². The number of aromatic carboxylic acids is 1. The molecule has 5 heteroatoms. The molecule has 0 amide bonds. The molecule has 0 saturated carbocycles. The highest BCUT2D eigenvalue weighted by molar-refractivity contribution is 6.05. The van der Waals surface area contributed by atoms with Gasteiger partial charge in [0.15, 0.2) is 0 Å². The molecule has 2 aromatic rings. The van der Waals surface area contributed by atoms with E-state index in [0.717, 1.165) is 5.52 Å². The summed E-state index contributed by atoms with van der Waals surface area (Å²) in [5, 5.41) is 19.2. The molecule has 2 rings (SSSR count). The van der Waals surface area contributed by atoms with E-state index in [-0.39, 0.29) is 17.9 Å². The van der Waals surface area contributed by atoms with Crippen molar-refractivity contribution in [3.63, 3.8) is 0 Å². The average Bonchev–Trinajstić information content (AvgIpc) is 2.61. The van der Waals surface area contributed by atoms with Gasteiger partial charge in [-0.05, 0) is 25.1 Å². The van der Waals surface area contributed by atoms with Gasteiger partial charge in [-0.1, -0.05) is 0 Å². The lowest BCUT2D eigenvalue weighted by Gasteiger charge is -2.05. The van der Waals surface area contributed by atoms with E-state index in [1.807, 2.05) is 11.5 Å². The zero-order valence-electron chi connectivity index (χ0n) is 9.47. The van der Waals surface area contributed by atoms with Crippen LogP contribution < -0.4 is 5.73 Å². The molecule has 0 aliphatic heterocycles. The van der Waals surface area contributed by atoms with Crippen molar-refractivity contribution in [1.82, 2.24) is 4.57 Å². The molecule has 0 spiro atoms. The number of phenolic OH excluding ortho intramolecular Hbond substituents is 1. The summed E-state index contributed by atoms with van der Waals surface area (Å²) in [5.41, 5.74) is 7.17. The Morgan fingerprint density at radius 1 is 1.47 bits per heavy atom. The Bertz CT molecular complexity index is 587. The number of rotatable bonds is 3. The number of hydrogen-bond donors (Lipinski definition) is 3. The van der Waals surface area contributed by atoms with Gasteiger partial charge in [-0.2, -0.15) is 0 Å². The molecule has 0 saturated heterocycles. The summed E-state index contributed by atoms with van der Waals surface area (Å²) in [6, 6.07) is 4.71. The molecule has 90 valence electrons. The zero-order chi connectivity index (χ0) is 12.6. The van der Waals surface area contributed by atoms with Crippen LogP contribution in [0, 0.1) is 0 Å². The van der Waals surface area contributed by atoms with Crippen LogP contribution in [0.5, 0.6) is 5.75 Å². The smallest absolute Gasteiger partial charge is 0.338 e. The summed E-state index contributed by atoms with van der Waals surface area (Å²) in [7, 11) is 0. The number of aromatic nitrogens is 1. The van der Waals surface area contributed by atoms with Crippen molar-refractivity contribution in [2.75, 3.05) is 0 Å². The van der Waals surface area contributed by atoms with Crippen molar-refractivity contribution in [1.29, 1.82) is 0 Å². The van der Waals surface area contributed by atoms with E-state index < -0.39 is 5.97 Å². The fraction of sp³-hybridized carbons (Fsp3) is 0.250. The normalized spacial score (nSPS) is 10.9. The van der Waals surface area contributed by atoms with Crippen LogP contribution in [0.1, 0.15) is 23.0 Å². The highest BCUT2D eigenvalue weighted by atomic mass is 16.4. The number of nitrogens with zero attached hydrogens (tertiary/aromatic N) is 1. The van der Waals surface area contributed by atoms with E-state index in [2.05, 4.69) is 0 Å². The molecule has 17 heavy (non-hydrogen) atoms. The van der Waals surface area contributed by atoms with Gasteiger partial charge in [0.25, 0.3) is 0 Å². The number of benzene rings is 1. The first-order valence-corrected chi connectivity index (χ1v) is 5.37.